The van der Waals surface area contributed by atoms with Crippen molar-refractivity contribution < 1.29 is 20.1 Å². The Morgan fingerprint density at radius 1 is 1.50 bits per heavy atom. The summed E-state index contributed by atoms with van der Waals surface area (Å²) >= 11 is 10.0. The van der Waals surface area contributed by atoms with Gasteiger partial charge in [-0.1, -0.05) is 12.2 Å². The maximum absolute atomic E-state index is 9.98. The van der Waals surface area contributed by atoms with Gasteiger partial charge < -0.3 is 25.0 Å². The lowest BCUT2D eigenvalue weighted by atomic mass is 9.99. The van der Waals surface area contributed by atoms with E-state index in [1.165, 1.54) is 11.5 Å². The van der Waals surface area contributed by atoms with Gasteiger partial charge in [-0.25, -0.2) is 0 Å². The Labute approximate surface area is 113 Å². The minimum atomic E-state index is -1.22. The summed E-state index contributed by atoms with van der Waals surface area (Å²) in [7, 11) is 0. The van der Waals surface area contributed by atoms with Crippen LogP contribution in [0.15, 0.2) is 12.3 Å². The molecule has 18 heavy (non-hydrogen) atoms. The Morgan fingerprint density at radius 3 is 2.67 bits per heavy atom. The molecule has 0 radical (unpaired) electrons. The molecule has 6 nitrogen and oxygen atoms in total. The first-order chi connectivity index (χ1) is 8.39. The maximum atomic E-state index is 9.98. The lowest BCUT2D eigenvalue weighted by molar-refractivity contribution is -0.117. The summed E-state index contributed by atoms with van der Waals surface area (Å²) in [5, 5.41) is 29.1. The second-order valence-electron chi connectivity index (χ2n) is 4.43. The summed E-state index contributed by atoms with van der Waals surface area (Å²) in [4.78, 5) is 2.75. The predicted molar refractivity (Wildman–Crippen MR) is 68.1 cm³/mol. The number of hydrogen-bond acceptors (Lipinski definition) is 6. The molecule has 8 heteroatoms. The molecule has 0 saturated carbocycles. The van der Waals surface area contributed by atoms with Gasteiger partial charge in [-0.05, 0) is 25.2 Å². The van der Waals surface area contributed by atoms with Gasteiger partial charge in [0.2, 0.25) is 0 Å². The molecule has 0 bridgehead atoms. The number of H-pyrrole nitrogens is 1. The lowest BCUT2D eigenvalue weighted by Crippen LogP contribution is -2.43. The number of hydrogen-bond donors (Lipinski definition) is 4. The third-order valence-electron chi connectivity index (χ3n) is 3.07. The third kappa shape index (κ3) is 2.15. The molecule has 0 spiro atoms. The third-order valence-corrected chi connectivity index (χ3v) is 3.62. The van der Waals surface area contributed by atoms with Gasteiger partial charge in [0.15, 0.2) is 11.0 Å². The number of aliphatic hydroxyl groups excluding tert-OH is 3. The molecule has 0 aliphatic carbocycles. The van der Waals surface area contributed by atoms with Crippen LogP contribution < -0.4 is 0 Å². The average Bonchev–Trinajstić information content (AvgIpc) is 2.55. The van der Waals surface area contributed by atoms with Crippen molar-refractivity contribution >= 4 is 24.4 Å². The summed E-state index contributed by atoms with van der Waals surface area (Å²) in [6, 6.07) is 1.60. The Hall–Kier alpha value is -0.640. The molecule has 1 aromatic rings. The van der Waals surface area contributed by atoms with Crippen molar-refractivity contribution in [2.75, 3.05) is 6.61 Å². The quantitative estimate of drug-likeness (QED) is 0.585. The van der Waals surface area contributed by atoms with Gasteiger partial charge in [0.05, 0.1) is 6.61 Å². The van der Waals surface area contributed by atoms with E-state index in [0.717, 1.165) is 0 Å². The summed E-state index contributed by atoms with van der Waals surface area (Å²) in [6.45, 7) is 1.12. The van der Waals surface area contributed by atoms with Crippen LogP contribution in [0.5, 0.6) is 0 Å². The van der Waals surface area contributed by atoms with E-state index in [2.05, 4.69) is 4.98 Å². The normalized spacial score (nSPS) is 35.9. The monoisotopic (exact) mass is 290 g/mol. The van der Waals surface area contributed by atoms with Gasteiger partial charge in [0, 0.05) is 6.20 Å². The van der Waals surface area contributed by atoms with Gasteiger partial charge >= 0.3 is 0 Å². The zero-order valence-corrected chi connectivity index (χ0v) is 11.2. The van der Waals surface area contributed by atoms with Crippen LogP contribution in [0.3, 0.4) is 0 Å². The molecule has 0 unspecified atom stereocenters. The molecule has 0 aromatic carbocycles. The molecule has 1 saturated heterocycles. The smallest absolute Gasteiger partial charge is 0.180 e. The van der Waals surface area contributed by atoms with Crippen LogP contribution in [0.2, 0.25) is 0 Å². The van der Waals surface area contributed by atoms with Crippen molar-refractivity contribution in [1.82, 2.24) is 9.55 Å². The van der Waals surface area contributed by atoms with Crippen LogP contribution in [-0.4, -0.2) is 49.3 Å². The predicted octanol–water partition coefficient (Wildman–Crippen LogP) is 0.277. The summed E-state index contributed by atoms with van der Waals surface area (Å²) < 4.78 is 7.73. The van der Waals surface area contributed by atoms with E-state index in [4.69, 9.17) is 29.2 Å². The van der Waals surface area contributed by atoms with Gasteiger partial charge in [-0.3, -0.25) is 4.57 Å². The largest absolute Gasteiger partial charge is 0.393 e. The average molecular weight is 290 g/mol. The number of ether oxygens (including phenoxy) is 1. The maximum Gasteiger partial charge on any atom is 0.180 e. The standard InChI is InChI=1S/C10H14N2O4S2/c1-10(4-13)7(15)6(14)8(16-10)12-3-2-5(17)11-9(12)18/h2-3,6-8,13-15H,4H2,1H3,(H,11,17,18)/t6-,7+,8+,10+/m0/s1. The van der Waals surface area contributed by atoms with Crippen molar-refractivity contribution in [3.8, 4) is 0 Å². The first-order valence-electron chi connectivity index (χ1n) is 5.35. The number of aliphatic hydroxyl groups is 3. The molecule has 1 aromatic heterocycles. The molecule has 1 aliphatic heterocycles. The molecule has 0 amide bonds. The van der Waals surface area contributed by atoms with Crippen LogP contribution in [-0.2, 0) is 4.74 Å². The van der Waals surface area contributed by atoms with E-state index in [9.17, 15) is 15.3 Å². The second-order valence-corrected chi connectivity index (χ2v) is 5.26. The van der Waals surface area contributed by atoms with Crippen LogP contribution in [0.4, 0.5) is 0 Å². The highest BCUT2D eigenvalue weighted by Gasteiger charge is 2.51. The molecule has 1 fully saturated rings. The molecule has 2 rings (SSSR count). The van der Waals surface area contributed by atoms with Crippen molar-refractivity contribution in [3.63, 3.8) is 0 Å². The minimum Gasteiger partial charge on any atom is -0.393 e. The van der Waals surface area contributed by atoms with Crippen LogP contribution in [0, 0.1) is 9.41 Å². The van der Waals surface area contributed by atoms with Gasteiger partial charge in [-0.2, -0.15) is 0 Å². The summed E-state index contributed by atoms with van der Waals surface area (Å²) in [5.74, 6) is 0. The Bertz CT molecular complexity index is 557. The fraction of sp³-hybridized carbons (Fsp3) is 0.600. The van der Waals surface area contributed by atoms with Crippen LogP contribution in [0.1, 0.15) is 13.2 Å². The summed E-state index contributed by atoms with van der Waals surface area (Å²) in [6.07, 6.45) is -1.67. The first-order valence-corrected chi connectivity index (χ1v) is 6.17. The molecule has 4 N–H and O–H groups in total. The Balaban J connectivity index is 2.41. The van der Waals surface area contributed by atoms with E-state index in [1.54, 1.807) is 12.3 Å². The number of rotatable bonds is 2. The van der Waals surface area contributed by atoms with Gasteiger partial charge in [0.25, 0.3) is 0 Å². The highest BCUT2D eigenvalue weighted by Crippen LogP contribution is 2.36. The number of aromatic nitrogens is 2. The highest BCUT2D eigenvalue weighted by molar-refractivity contribution is 7.72. The molecule has 2 heterocycles. The molecule has 4 atom stereocenters. The van der Waals surface area contributed by atoms with Crippen molar-refractivity contribution in [2.45, 2.75) is 31.0 Å². The molecular formula is C10H14N2O4S2. The fourth-order valence-corrected chi connectivity index (χ4v) is 2.41. The van der Waals surface area contributed by atoms with E-state index in [-0.39, 0.29) is 4.77 Å². The van der Waals surface area contributed by atoms with Crippen LogP contribution >= 0.6 is 24.4 Å². The number of nitrogens with one attached hydrogen (secondary N) is 1. The van der Waals surface area contributed by atoms with Crippen molar-refractivity contribution in [1.29, 1.82) is 0 Å². The molecular weight excluding hydrogens is 276 g/mol. The molecule has 100 valence electrons. The topological polar surface area (TPSA) is 90.6 Å². The van der Waals surface area contributed by atoms with E-state index < -0.39 is 30.6 Å². The number of nitrogens with zero attached hydrogens (tertiary/aromatic N) is 1. The fourth-order valence-electron chi connectivity index (χ4n) is 1.91. The minimum absolute atomic E-state index is 0.279. The second kappa shape index (κ2) is 4.80. The van der Waals surface area contributed by atoms with Crippen molar-refractivity contribution in [3.05, 3.63) is 21.7 Å². The van der Waals surface area contributed by atoms with Gasteiger partial charge in [0.1, 0.15) is 22.4 Å². The Kier molecular flexibility index (Phi) is 3.67. The Morgan fingerprint density at radius 2 is 2.17 bits per heavy atom. The van der Waals surface area contributed by atoms with Crippen molar-refractivity contribution in [2.24, 2.45) is 0 Å². The zero-order chi connectivity index (χ0) is 13.5. The summed E-state index contributed by atoms with van der Waals surface area (Å²) in [5.41, 5.74) is -1.22. The highest BCUT2D eigenvalue weighted by atomic mass is 32.1. The first kappa shape index (κ1) is 13.8. The number of aromatic amines is 1. The van der Waals surface area contributed by atoms with Crippen LogP contribution in [0.25, 0.3) is 0 Å². The van der Waals surface area contributed by atoms with E-state index in [0.29, 0.717) is 4.64 Å². The SMILES string of the molecule is C[C@]1(CO)O[C@@H](n2ccc(=S)[nH]c2=S)[C@@H](O)[C@H]1O. The zero-order valence-electron chi connectivity index (χ0n) is 9.61. The lowest BCUT2D eigenvalue weighted by Gasteiger charge is -2.24. The van der Waals surface area contributed by atoms with E-state index >= 15 is 0 Å². The molecule has 1 aliphatic rings. The van der Waals surface area contributed by atoms with Gasteiger partial charge in [-0.15, -0.1) is 0 Å². The van der Waals surface area contributed by atoms with E-state index in [1.807, 2.05) is 0 Å².